The summed E-state index contributed by atoms with van der Waals surface area (Å²) in [7, 11) is 0. The molecule has 0 radical (unpaired) electrons. The van der Waals surface area contributed by atoms with Gasteiger partial charge in [0.25, 0.3) is 5.69 Å². The van der Waals surface area contributed by atoms with Crippen molar-refractivity contribution in [2.24, 2.45) is 5.92 Å². The molecular weight excluding hydrogens is 270 g/mol. The Bertz CT molecular complexity index is 668. The maximum atomic E-state index is 10.7. The van der Waals surface area contributed by atoms with Crippen molar-refractivity contribution >= 4 is 17.5 Å². The Morgan fingerprint density at radius 2 is 1.81 bits per heavy atom. The number of anilines is 2. The molecule has 1 aromatic heterocycles. The highest BCUT2D eigenvalue weighted by Gasteiger charge is 2.15. The lowest BCUT2D eigenvalue weighted by Crippen LogP contribution is -2.08. The smallest absolute Gasteiger partial charge is 0.269 e. The summed E-state index contributed by atoms with van der Waals surface area (Å²) >= 11 is 0. The molecule has 0 fully saturated rings. The van der Waals surface area contributed by atoms with Gasteiger partial charge < -0.3 is 11.5 Å². The van der Waals surface area contributed by atoms with Crippen molar-refractivity contribution in [2.45, 2.75) is 20.3 Å². The summed E-state index contributed by atoms with van der Waals surface area (Å²) < 4.78 is 0. The lowest BCUT2D eigenvalue weighted by Gasteiger charge is -2.13. The average molecular weight is 287 g/mol. The van der Waals surface area contributed by atoms with Gasteiger partial charge in [-0.05, 0) is 30.0 Å². The third-order valence-corrected chi connectivity index (χ3v) is 3.00. The lowest BCUT2D eigenvalue weighted by molar-refractivity contribution is -0.384. The van der Waals surface area contributed by atoms with Gasteiger partial charge in [-0.3, -0.25) is 10.1 Å². The third kappa shape index (κ3) is 3.25. The number of nitrogens with two attached hydrogens (primary N) is 2. The number of benzene rings is 1. The number of hydrogen-bond donors (Lipinski definition) is 2. The Labute approximate surface area is 122 Å². The topological polar surface area (TPSA) is 121 Å². The molecule has 0 aliphatic rings. The Morgan fingerprint density at radius 3 is 2.33 bits per heavy atom. The molecule has 1 heterocycles. The van der Waals surface area contributed by atoms with Crippen LogP contribution in [0.3, 0.4) is 0 Å². The highest BCUT2D eigenvalue weighted by molar-refractivity contribution is 5.77. The van der Waals surface area contributed by atoms with E-state index in [1.807, 2.05) is 0 Å². The van der Waals surface area contributed by atoms with Gasteiger partial charge in [-0.1, -0.05) is 13.8 Å². The molecule has 7 nitrogen and oxygen atoms in total. The number of nitro groups is 1. The Balaban J connectivity index is 2.53. The highest BCUT2D eigenvalue weighted by Crippen LogP contribution is 2.30. The molecule has 0 aliphatic heterocycles. The molecule has 0 spiro atoms. The van der Waals surface area contributed by atoms with E-state index in [0.29, 0.717) is 17.9 Å². The van der Waals surface area contributed by atoms with Gasteiger partial charge in [-0.15, -0.1) is 0 Å². The molecule has 0 saturated carbocycles. The standard InChI is InChI=1S/C14H17N5O2/c1-8(2)7-11-12(13(15)18-14(16)17-11)9-3-5-10(6-4-9)19(20)21/h3-6,8H,7H2,1-2H3,(H4,15,16,17,18). The summed E-state index contributed by atoms with van der Waals surface area (Å²) in [5, 5.41) is 10.7. The van der Waals surface area contributed by atoms with Gasteiger partial charge in [-0.25, -0.2) is 4.98 Å². The highest BCUT2D eigenvalue weighted by atomic mass is 16.6. The summed E-state index contributed by atoms with van der Waals surface area (Å²) in [6, 6.07) is 6.16. The SMILES string of the molecule is CC(C)Cc1nc(N)nc(N)c1-c1ccc([N+](=O)[O-])cc1. The van der Waals surface area contributed by atoms with E-state index in [0.717, 1.165) is 11.3 Å². The Kier molecular flexibility index (Phi) is 4.02. The first-order chi connectivity index (χ1) is 9.88. The number of nitrogens with zero attached hydrogens (tertiary/aromatic N) is 3. The van der Waals surface area contributed by atoms with Crippen molar-refractivity contribution in [3.63, 3.8) is 0 Å². The first-order valence-electron chi connectivity index (χ1n) is 6.55. The van der Waals surface area contributed by atoms with E-state index in [2.05, 4.69) is 23.8 Å². The van der Waals surface area contributed by atoms with Crippen molar-refractivity contribution in [3.05, 3.63) is 40.1 Å². The zero-order valence-electron chi connectivity index (χ0n) is 11.9. The van der Waals surface area contributed by atoms with Gasteiger partial charge in [-0.2, -0.15) is 4.98 Å². The van der Waals surface area contributed by atoms with Crippen molar-refractivity contribution in [2.75, 3.05) is 11.5 Å². The second-order valence-corrected chi connectivity index (χ2v) is 5.19. The minimum absolute atomic E-state index is 0.0269. The molecule has 21 heavy (non-hydrogen) atoms. The molecule has 1 aromatic carbocycles. The molecule has 110 valence electrons. The van der Waals surface area contributed by atoms with Gasteiger partial charge in [0.15, 0.2) is 0 Å². The molecule has 0 aliphatic carbocycles. The van der Waals surface area contributed by atoms with Crippen LogP contribution in [0.2, 0.25) is 0 Å². The zero-order valence-corrected chi connectivity index (χ0v) is 11.9. The minimum Gasteiger partial charge on any atom is -0.383 e. The molecule has 4 N–H and O–H groups in total. The zero-order chi connectivity index (χ0) is 15.6. The summed E-state index contributed by atoms with van der Waals surface area (Å²) in [6.07, 6.45) is 0.698. The fourth-order valence-electron chi connectivity index (χ4n) is 2.15. The first-order valence-corrected chi connectivity index (χ1v) is 6.55. The van der Waals surface area contributed by atoms with Crippen LogP contribution in [0, 0.1) is 16.0 Å². The average Bonchev–Trinajstić information content (AvgIpc) is 2.37. The molecule has 0 bridgehead atoms. The van der Waals surface area contributed by atoms with E-state index >= 15 is 0 Å². The molecule has 0 unspecified atom stereocenters. The molecule has 0 atom stereocenters. The van der Waals surface area contributed by atoms with Crippen LogP contribution in [0.5, 0.6) is 0 Å². The Hall–Kier alpha value is -2.70. The van der Waals surface area contributed by atoms with Crippen LogP contribution >= 0.6 is 0 Å². The second-order valence-electron chi connectivity index (χ2n) is 5.19. The van der Waals surface area contributed by atoms with Gasteiger partial charge in [0.05, 0.1) is 10.6 Å². The van der Waals surface area contributed by atoms with E-state index in [1.165, 1.54) is 12.1 Å². The fourth-order valence-corrected chi connectivity index (χ4v) is 2.15. The van der Waals surface area contributed by atoms with Crippen LogP contribution in [0.15, 0.2) is 24.3 Å². The summed E-state index contributed by atoms with van der Waals surface area (Å²) in [6.45, 7) is 4.13. The van der Waals surface area contributed by atoms with Crippen LogP contribution in [0.4, 0.5) is 17.5 Å². The van der Waals surface area contributed by atoms with E-state index in [1.54, 1.807) is 12.1 Å². The fraction of sp³-hybridized carbons (Fsp3) is 0.286. The van der Waals surface area contributed by atoms with Crippen LogP contribution in [-0.2, 0) is 6.42 Å². The predicted molar refractivity (Wildman–Crippen MR) is 81.5 cm³/mol. The normalized spacial score (nSPS) is 10.8. The monoisotopic (exact) mass is 287 g/mol. The van der Waals surface area contributed by atoms with Crippen molar-refractivity contribution in [1.29, 1.82) is 0 Å². The second kappa shape index (κ2) is 5.74. The first kappa shape index (κ1) is 14.7. The lowest BCUT2D eigenvalue weighted by atomic mass is 9.98. The molecular formula is C14H17N5O2. The number of aromatic nitrogens is 2. The number of non-ortho nitro benzene ring substituents is 1. The summed E-state index contributed by atoms with van der Waals surface area (Å²) in [5.41, 5.74) is 13.8. The minimum atomic E-state index is -0.443. The van der Waals surface area contributed by atoms with E-state index in [-0.39, 0.29) is 17.5 Å². The van der Waals surface area contributed by atoms with E-state index < -0.39 is 4.92 Å². The van der Waals surface area contributed by atoms with E-state index in [4.69, 9.17) is 11.5 Å². The maximum absolute atomic E-state index is 10.7. The van der Waals surface area contributed by atoms with Crippen LogP contribution < -0.4 is 11.5 Å². The molecule has 0 saturated heterocycles. The van der Waals surface area contributed by atoms with E-state index in [9.17, 15) is 10.1 Å². The van der Waals surface area contributed by atoms with Crippen LogP contribution in [0.25, 0.3) is 11.1 Å². The number of hydrogen-bond acceptors (Lipinski definition) is 6. The van der Waals surface area contributed by atoms with Gasteiger partial charge in [0.1, 0.15) is 5.82 Å². The maximum Gasteiger partial charge on any atom is 0.269 e. The van der Waals surface area contributed by atoms with Gasteiger partial charge in [0, 0.05) is 17.7 Å². The predicted octanol–water partition coefficient (Wildman–Crippen LogP) is 2.41. The van der Waals surface area contributed by atoms with Gasteiger partial charge >= 0.3 is 0 Å². The van der Waals surface area contributed by atoms with Crippen LogP contribution in [0.1, 0.15) is 19.5 Å². The quantitative estimate of drug-likeness (QED) is 0.658. The molecule has 2 aromatic rings. The van der Waals surface area contributed by atoms with Crippen molar-refractivity contribution < 1.29 is 4.92 Å². The van der Waals surface area contributed by atoms with Crippen LogP contribution in [-0.4, -0.2) is 14.9 Å². The largest absolute Gasteiger partial charge is 0.383 e. The van der Waals surface area contributed by atoms with Gasteiger partial charge in [0.2, 0.25) is 5.95 Å². The van der Waals surface area contributed by atoms with Crippen molar-refractivity contribution in [1.82, 2.24) is 9.97 Å². The molecule has 0 amide bonds. The summed E-state index contributed by atoms with van der Waals surface area (Å²) in [5.74, 6) is 0.788. The van der Waals surface area contributed by atoms with Crippen molar-refractivity contribution in [3.8, 4) is 11.1 Å². The number of nitrogen functional groups attached to an aromatic ring is 2. The third-order valence-electron chi connectivity index (χ3n) is 3.00. The molecule has 7 heteroatoms. The Morgan fingerprint density at radius 1 is 1.19 bits per heavy atom. The number of rotatable bonds is 4. The summed E-state index contributed by atoms with van der Waals surface area (Å²) in [4.78, 5) is 18.5. The molecule has 2 rings (SSSR count). The number of nitro benzene ring substituents is 1.